The number of hydrogen-bond donors (Lipinski definition) is 0. The van der Waals surface area contributed by atoms with Gasteiger partial charge in [0, 0.05) is 11.8 Å². The Hall–Kier alpha value is -0.0100. The smallest absolute Gasteiger partial charge is 0.224 e. The van der Waals surface area contributed by atoms with E-state index in [0.29, 0.717) is 5.88 Å². The van der Waals surface area contributed by atoms with E-state index in [9.17, 15) is 4.79 Å². The van der Waals surface area contributed by atoms with Crippen molar-refractivity contribution in [2.45, 2.75) is 32.1 Å². The van der Waals surface area contributed by atoms with Crippen LogP contribution in [0.25, 0.3) is 0 Å². The van der Waals surface area contributed by atoms with E-state index < -0.39 is 0 Å². The van der Waals surface area contributed by atoms with E-state index in [2.05, 4.69) is 6.58 Å². The third-order valence-corrected chi connectivity index (χ3v) is 2.54. The van der Waals surface area contributed by atoms with Gasteiger partial charge < -0.3 is 0 Å². The first-order valence-corrected chi connectivity index (χ1v) is 5.49. The highest BCUT2D eigenvalue weighted by Crippen LogP contribution is 2.18. The lowest BCUT2D eigenvalue weighted by Crippen LogP contribution is -2.08. The van der Waals surface area contributed by atoms with Gasteiger partial charge in [-0.3, -0.25) is 4.79 Å². The molecular formula is C10H16Cl2O. The maximum Gasteiger partial charge on any atom is 0.224 e. The van der Waals surface area contributed by atoms with Crippen molar-refractivity contribution < 1.29 is 4.79 Å². The summed E-state index contributed by atoms with van der Waals surface area (Å²) in [5, 5.41) is -0.228. The van der Waals surface area contributed by atoms with Crippen LogP contribution in [0.1, 0.15) is 32.1 Å². The molecule has 0 saturated heterocycles. The van der Waals surface area contributed by atoms with Gasteiger partial charge in [-0.1, -0.05) is 6.08 Å². The third-order valence-electron chi connectivity index (χ3n) is 1.97. The number of alkyl halides is 1. The second kappa shape index (κ2) is 8.58. The van der Waals surface area contributed by atoms with Crippen LogP contribution in [-0.2, 0) is 4.79 Å². The quantitative estimate of drug-likeness (QED) is 0.265. The van der Waals surface area contributed by atoms with E-state index in [1.54, 1.807) is 0 Å². The lowest BCUT2D eigenvalue weighted by molar-refractivity contribution is -0.115. The number of unbranched alkanes of at least 4 members (excludes halogenated alkanes) is 1. The lowest BCUT2D eigenvalue weighted by atomic mass is 9.98. The minimum atomic E-state index is -0.228. The Morgan fingerprint density at radius 2 is 2.00 bits per heavy atom. The molecule has 0 spiro atoms. The summed E-state index contributed by atoms with van der Waals surface area (Å²) in [7, 11) is 0. The normalized spacial score (nSPS) is 12.5. The summed E-state index contributed by atoms with van der Waals surface area (Å²) in [5.74, 6) is 0.586. The molecule has 1 unspecified atom stereocenters. The van der Waals surface area contributed by atoms with Gasteiger partial charge in [-0.25, -0.2) is 0 Å². The molecule has 0 heterocycles. The molecule has 0 N–H and O–H groups in total. The van der Waals surface area contributed by atoms with Gasteiger partial charge in [-0.15, -0.1) is 18.2 Å². The van der Waals surface area contributed by atoms with Crippen LogP contribution in [0.3, 0.4) is 0 Å². The maximum absolute atomic E-state index is 10.9. The summed E-state index contributed by atoms with van der Waals surface area (Å²) in [5.41, 5.74) is 0. The van der Waals surface area contributed by atoms with Crippen molar-refractivity contribution in [3.8, 4) is 0 Å². The zero-order chi connectivity index (χ0) is 10.1. The molecule has 0 amide bonds. The van der Waals surface area contributed by atoms with Crippen LogP contribution in [0.15, 0.2) is 12.7 Å². The molecule has 0 radical (unpaired) electrons. The minimum Gasteiger partial charge on any atom is -0.281 e. The summed E-state index contributed by atoms with van der Waals surface area (Å²) in [6, 6.07) is 0. The van der Waals surface area contributed by atoms with E-state index >= 15 is 0 Å². The summed E-state index contributed by atoms with van der Waals surface area (Å²) < 4.78 is 0. The van der Waals surface area contributed by atoms with E-state index in [0.717, 1.165) is 32.1 Å². The predicted molar refractivity (Wildman–Crippen MR) is 58.4 cm³/mol. The van der Waals surface area contributed by atoms with E-state index in [4.69, 9.17) is 23.2 Å². The zero-order valence-electron chi connectivity index (χ0n) is 7.77. The summed E-state index contributed by atoms with van der Waals surface area (Å²) in [6.07, 6.45) is 6.31. The highest BCUT2D eigenvalue weighted by atomic mass is 35.5. The largest absolute Gasteiger partial charge is 0.281 e. The molecule has 3 heteroatoms. The van der Waals surface area contributed by atoms with Crippen LogP contribution in [-0.4, -0.2) is 11.1 Å². The van der Waals surface area contributed by atoms with E-state index in [-0.39, 0.29) is 11.2 Å². The minimum absolute atomic E-state index is 0.0135. The summed E-state index contributed by atoms with van der Waals surface area (Å²) >= 11 is 11.0. The second-order valence-corrected chi connectivity index (χ2v) is 3.80. The van der Waals surface area contributed by atoms with Crippen molar-refractivity contribution in [3.63, 3.8) is 0 Å². The molecule has 0 aromatic rings. The van der Waals surface area contributed by atoms with Gasteiger partial charge in [0.1, 0.15) is 0 Å². The van der Waals surface area contributed by atoms with Crippen LogP contribution >= 0.6 is 23.2 Å². The monoisotopic (exact) mass is 222 g/mol. The van der Waals surface area contributed by atoms with Crippen molar-refractivity contribution in [2.24, 2.45) is 5.92 Å². The fraction of sp³-hybridized carbons (Fsp3) is 0.700. The Morgan fingerprint density at radius 3 is 2.46 bits per heavy atom. The fourth-order valence-electron chi connectivity index (χ4n) is 1.20. The molecule has 0 fully saturated rings. The standard InChI is InChI=1S/C10H16Cl2O/c1-2-3-4-6-9(10(12)13)7-5-8-11/h2,9H,1,3-8H2. The molecule has 0 saturated carbocycles. The van der Waals surface area contributed by atoms with Gasteiger partial charge in [-0.05, 0) is 43.7 Å². The zero-order valence-corrected chi connectivity index (χ0v) is 9.28. The van der Waals surface area contributed by atoms with E-state index in [1.165, 1.54) is 0 Å². The molecule has 0 aliphatic heterocycles. The van der Waals surface area contributed by atoms with Crippen LogP contribution < -0.4 is 0 Å². The van der Waals surface area contributed by atoms with Crippen molar-refractivity contribution >= 4 is 28.4 Å². The lowest BCUT2D eigenvalue weighted by Gasteiger charge is -2.10. The first-order chi connectivity index (χ1) is 6.22. The molecule has 0 aromatic heterocycles. The molecule has 1 nitrogen and oxygen atoms in total. The number of halogens is 2. The molecule has 0 aliphatic carbocycles. The third kappa shape index (κ3) is 7.09. The number of allylic oxidation sites excluding steroid dienone is 1. The first-order valence-electron chi connectivity index (χ1n) is 4.58. The van der Waals surface area contributed by atoms with Gasteiger partial charge in [0.15, 0.2) is 0 Å². The Balaban J connectivity index is 3.66. The molecule has 76 valence electrons. The van der Waals surface area contributed by atoms with Gasteiger partial charge in [0.05, 0.1) is 0 Å². The fourth-order valence-corrected chi connectivity index (χ4v) is 1.58. The number of carbonyl (C=O) groups is 1. The highest BCUT2D eigenvalue weighted by Gasteiger charge is 2.14. The Kier molecular flexibility index (Phi) is 8.58. The van der Waals surface area contributed by atoms with Gasteiger partial charge in [-0.2, -0.15) is 0 Å². The van der Waals surface area contributed by atoms with Crippen LogP contribution in [0.4, 0.5) is 0 Å². The molecule has 13 heavy (non-hydrogen) atoms. The van der Waals surface area contributed by atoms with Crippen molar-refractivity contribution in [3.05, 3.63) is 12.7 Å². The summed E-state index contributed by atoms with van der Waals surface area (Å²) in [4.78, 5) is 10.9. The van der Waals surface area contributed by atoms with Crippen LogP contribution in [0.5, 0.6) is 0 Å². The van der Waals surface area contributed by atoms with Crippen LogP contribution in [0.2, 0.25) is 0 Å². The second-order valence-electron chi connectivity index (χ2n) is 3.05. The predicted octanol–water partition coefficient (Wildman–Crippen LogP) is 3.74. The van der Waals surface area contributed by atoms with Gasteiger partial charge in [0.2, 0.25) is 5.24 Å². The van der Waals surface area contributed by atoms with E-state index in [1.807, 2.05) is 6.08 Å². The molecule has 0 aliphatic rings. The Labute approximate surface area is 90.1 Å². The topological polar surface area (TPSA) is 17.1 Å². The molecule has 1 atom stereocenters. The van der Waals surface area contributed by atoms with Crippen molar-refractivity contribution in [1.82, 2.24) is 0 Å². The van der Waals surface area contributed by atoms with Gasteiger partial charge in [0.25, 0.3) is 0 Å². The average Bonchev–Trinajstić information content (AvgIpc) is 2.10. The number of carbonyl (C=O) groups excluding carboxylic acids is 1. The molecular weight excluding hydrogens is 207 g/mol. The maximum atomic E-state index is 10.9. The Morgan fingerprint density at radius 1 is 1.38 bits per heavy atom. The van der Waals surface area contributed by atoms with Crippen LogP contribution in [0, 0.1) is 5.92 Å². The SMILES string of the molecule is C=CCCCC(CCCCl)C(=O)Cl. The number of rotatable bonds is 8. The summed E-state index contributed by atoms with van der Waals surface area (Å²) in [6.45, 7) is 3.63. The molecule has 0 aromatic carbocycles. The number of hydrogen-bond acceptors (Lipinski definition) is 1. The molecule has 0 bridgehead atoms. The Bertz CT molecular complexity index is 157. The van der Waals surface area contributed by atoms with Crippen molar-refractivity contribution in [1.29, 1.82) is 0 Å². The molecule has 0 rings (SSSR count). The van der Waals surface area contributed by atoms with Gasteiger partial charge >= 0.3 is 0 Å². The highest BCUT2D eigenvalue weighted by molar-refractivity contribution is 6.63. The van der Waals surface area contributed by atoms with Crippen molar-refractivity contribution in [2.75, 3.05) is 5.88 Å². The first kappa shape index (κ1) is 13.0. The average molecular weight is 223 g/mol.